The van der Waals surface area contributed by atoms with Gasteiger partial charge in [-0.15, -0.1) is 11.3 Å². The summed E-state index contributed by atoms with van der Waals surface area (Å²) in [5.74, 6) is -1.37. The lowest BCUT2D eigenvalue weighted by atomic mass is 10.2. The quantitative estimate of drug-likeness (QED) is 0.420. The lowest BCUT2D eigenvalue weighted by Crippen LogP contribution is -2.36. The molecule has 0 aliphatic heterocycles. The van der Waals surface area contributed by atoms with Crippen molar-refractivity contribution >= 4 is 40.8 Å². The number of carbonyl (C=O) groups is 2. The van der Waals surface area contributed by atoms with Crippen molar-refractivity contribution < 1.29 is 19.8 Å². The number of aliphatic hydroxyl groups excluding tert-OH is 1. The first-order chi connectivity index (χ1) is 14.5. The van der Waals surface area contributed by atoms with E-state index in [2.05, 4.69) is 10.6 Å². The molecule has 8 heteroatoms. The molecule has 154 valence electrons. The highest BCUT2D eigenvalue weighted by Crippen LogP contribution is 2.33. The molecule has 0 unspecified atom stereocenters. The van der Waals surface area contributed by atoms with E-state index in [0.29, 0.717) is 5.02 Å². The number of hydrogen-bond donors (Lipinski definition) is 4. The minimum Gasteiger partial charge on any atom is -0.507 e. The second-order valence-electron chi connectivity index (χ2n) is 6.19. The van der Waals surface area contributed by atoms with Crippen LogP contribution < -0.4 is 10.6 Å². The monoisotopic (exact) mass is 442 g/mol. The van der Waals surface area contributed by atoms with Gasteiger partial charge in [-0.25, -0.2) is 0 Å². The summed E-state index contributed by atoms with van der Waals surface area (Å²) in [6.45, 7) is -0.194. The number of aromatic hydroxyl groups is 1. The number of halogens is 1. The maximum Gasteiger partial charge on any atom is 0.267 e. The Labute approximate surface area is 182 Å². The largest absolute Gasteiger partial charge is 0.507 e. The minimum atomic E-state index is -0.624. The average molecular weight is 443 g/mol. The summed E-state index contributed by atoms with van der Waals surface area (Å²) < 4.78 is 0. The van der Waals surface area contributed by atoms with Gasteiger partial charge in [-0.1, -0.05) is 41.9 Å². The molecule has 1 aromatic heterocycles. The molecule has 0 saturated heterocycles. The molecule has 2 amide bonds. The number of carbonyl (C=O) groups excluding carboxylic acids is 2. The third-order valence-electron chi connectivity index (χ3n) is 4.09. The average Bonchev–Trinajstić information content (AvgIpc) is 3.20. The van der Waals surface area contributed by atoms with Gasteiger partial charge in [0.25, 0.3) is 11.8 Å². The molecule has 0 fully saturated rings. The van der Waals surface area contributed by atoms with Gasteiger partial charge >= 0.3 is 0 Å². The number of thiophene rings is 1. The van der Waals surface area contributed by atoms with Crippen LogP contribution in [0.5, 0.6) is 5.75 Å². The van der Waals surface area contributed by atoms with E-state index < -0.39 is 11.8 Å². The Hall–Kier alpha value is -3.13. The van der Waals surface area contributed by atoms with Crippen molar-refractivity contribution in [3.8, 4) is 16.2 Å². The van der Waals surface area contributed by atoms with Crippen LogP contribution in [0.25, 0.3) is 16.5 Å². The standard InChI is InChI=1S/C22H19ClN2O4S/c23-17-7-3-1-5-15(17)20-10-9-14(30-20)13-18(22(29)24-11-12-26)25-21(28)16-6-2-4-8-19(16)27/h1-10,13,26-27H,11-12H2,(H,24,29)(H,25,28)/b18-13-. The highest BCUT2D eigenvalue weighted by Gasteiger charge is 2.17. The topological polar surface area (TPSA) is 98.7 Å². The number of rotatable bonds is 7. The fourth-order valence-corrected chi connectivity index (χ4v) is 3.94. The number of para-hydroxylation sites is 1. The Bertz CT molecular complexity index is 1090. The number of phenolic OH excluding ortho intramolecular Hbond substituents is 1. The first-order valence-corrected chi connectivity index (χ1v) is 10.2. The summed E-state index contributed by atoms with van der Waals surface area (Å²) in [6, 6.07) is 17.2. The van der Waals surface area contributed by atoms with Gasteiger partial charge in [0.05, 0.1) is 12.2 Å². The highest BCUT2D eigenvalue weighted by atomic mass is 35.5. The fourth-order valence-electron chi connectivity index (χ4n) is 2.66. The SMILES string of the molecule is O=C(NCCO)/C(=C/c1ccc(-c2ccccc2Cl)s1)NC(=O)c1ccccc1O. The van der Waals surface area contributed by atoms with E-state index in [0.717, 1.165) is 15.3 Å². The molecule has 0 radical (unpaired) electrons. The molecule has 2 aromatic carbocycles. The maximum atomic E-state index is 12.6. The number of benzene rings is 2. The fraction of sp³-hybridized carbons (Fsp3) is 0.0909. The lowest BCUT2D eigenvalue weighted by Gasteiger charge is -2.11. The molecule has 6 nitrogen and oxygen atoms in total. The predicted octanol–water partition coefficient (Wildman–Crippen LogP) is 3.65. The van der Waals surface area contributed by atoms with E-state index in [4.69, 9.17) is 16.7 Å². The molecule has 4 N–H and O–H groups in total. The van der Waals surface area contributed by atoms with Crippen LogP contribution in [0.1, 0.15) is 15.2 Å². The zero-order valence-corrected chi connectivity index (χ0v) is 17.3. The minimum absolute atomic E-state index is 0.00994. The highest BCUT2D eigenvalue weighted by molar-refractivity contribution is 7.16. The van der Waals surface area contributed by atoms with Crippen LogP contribution >= 0.6 is 22.9 Å². The normalized spacial score (nSPS) is 11.2. The molecule has 1 heterocycles. The summed E-state index contributed by atoms with van der Waals surface area (Å²) in [5, 5.41) is 24.5. The van der Waals surface area contributed by atoms with Crippen molar-refractivity contribution in [3.63, 3.8) is 0 Å². The summed E-state index contributed by atoms with van der Waals surface area (Å²) in [5.41, 5.74) is 0.902. The Morgan fingerprint density at radius 2 is 1.77 bits per heavy atom. The van der Waals surface area contributed by atoms with E-state index in [1.54, 1.807) is 18.2 Å². The first kappa shape index (κ1) is 21.6. The molecule has 0 saturated carbocycles. The van der Waals surface area contributed by atoms with E-state index in [1.807, 2.05) is 30.3 Å². The second-order valence-corrected chi connectivity index (χ2v) is 7.71. The Morgan fingerprint density at radius 1 is 1.03 bits per heavy atom. The van der Waals surface area contributed by atoms with Gasteiger partial charge in [0, 0.05) is 26.9 Å². The molecule has 0 aliphatic carbocycles. The third-order valence-corrected chi connectivity index (χ3v) is 5.49. The van der Waals surface area contributed by atoms with Crippen molar-refractivity contribution in [2.24, 2.45) is 0 Å². The van der Waals surface area contributed by atoms with Crippen molar-refractivity contribution in [1.82, 2.24) is 10.6 Å². The number of nitrogens with one attached hydrogen (secondary N) is 2. The Balaban J connectivity index is 1.90. The summed E-state index contributed by atoms with van der Waals surface area (Å²) in [6.07, 6.45) is 1.54. The number of aliphatic hydroxyl groups is 1. The summed E-state index contributed by atoms with van der Waals surface area (Å²) in [7, 11) is 0. The summed E-state index contributed by atoms with van der Waals surface area (Å²) in [4.78, 5) is 26.7. The van der Waals surface area contributed by atoms with Gasteiger partial charge in [-0.2, -0.15) is 0 Å². The van der Waals surface area contributed by atoms with Crippen molar-refractivity contribution in [2.75, 3.05) is 13.2 Å². The van der Waals surface area contributed by atoms with Crippen LogP contribution in [-0.4, -0.2) is 35.2 Å². The van der Waals surface area contributed by atoms with Gasteiger partial charge in [0.2, 0.25) is 0 Å². The first-order valence-electron chi connectivity index (χ1n) is 9.04. The molecule has 0 atom stereocenters. The molecular weight excluding hydrogens is 424 g/mol. The maximum absolute atomic E-state index is 12.6. The zero-order chi connectivity index (χ0) is 21.5. The van der Waals surface area contributed by atoms with Crippen LogP contribution in [0.4, 0.5) is 0 Å². The summed E-state index contributed by atoms with van der Waals surface area (Å²) >= 11 is 7.66. The molecule has 3 aromatic rings. The van der Waals surface area contributed by atoms with Crippen LogP contribution in [-0.2, 0) is 4.79 Å². The van der Waals surface area contributed by atoms with Crippen molar-refractivity contribution in [3.05, 3.63) is 81.8 Å². The van der Waals surface area contributed by atoms with Gasteiger partial charge in [-0.05, 0) is 36.4 Å². The number of amides is 2. The van der Waals surface area contributed by atoms with E-state index in [9.17, 15) is 14.7 Å². The van der Waals surface area contributed by atoms with Crippen LogP contribution in [0.15, 0.2) is 66.4 Å². The van der Waals surface area contributed by atoms with E-state index in [-0.39, 0.29) is 30.2 Å². The number of hydrogen-bond acceptors (Lipinski definition) is 5. The molecule has 30 heavy (non-hydrogen) atoms. The molecule has 3 rings (SSSR count). The van der Waals surface area contributed by atoms with Gasteiger partial charge in [0.1, 0.15) is 11.4 Å². The van der Waals surface area contributed by atoms with Crippen LogP contribution in [0.3, 0.4) is 0 Å². The molecule has 0 bridgehead atoms. The van der Waals surface area contributed by atoms with E-state index >= 15 is 0 Å². The third kappa shape index (κ3) is 5.27. The zero-order valence-electron chi connectivity index (χ0n) is 15.8. The van der Waals surface area contributed by atoms with Gasteiger partial charge in [0.15, 0.2) is 0 Å². The lowest BCUT2D eigenvalue weighted by molar-refractivity contribution is -0.117. The second kappa shape index (κ2) is 10.1. The van der Waals surface area contributed by atoms with Crippen LogP contribution in [0.2, 0.25) is 5.02 Å². The van der Waals surface area contributed by atoms with Crippen LogP contribution in [0, 0.1) is 0 Å². The van der Waals surface area contributed by atoms with Crippen molar-refractivity contribution in [2.45, 2.75) is 0 Å². The van der Waals surface area contributed by atoms with Gasteiger partial charge in [-0.3, -0.25) is 9.59 Å². The molecule has 0 spiro atoms. The Morgan fingerprint density at radius 3 is 2.50 bits per heavy atom. The smallest absolute Gasteiger partial charge is 0.267 e. The Kier molecular flexibility index (Phi) is 7.24. The predicted molar refractivity (Wildman–Crippen MR) is 118 cm³/mol. The van der Waals surface area contributed by atoms with Crippen molar-refractivity contribution in [1.29, 1.82) is 0 Å². The van der Waals surface area contributed by atoms with E-state index in [1.165, 1.54) is 29.5 Å². The van der Waals surface area contributed by atoms with Gasteiger partial charge < -0.3 is 20.8 Å². The molecular formula is C22H19ClN2O4S. The number of phenols is 1. The molecule has 0 aliphatic rings.